The zero-order chi connectivity index (χ0) is 14.7. The second-order valence-electron chi connectivity index (χ2n) is 5.76. The molecule has 1 aromatic rings. The molecule has 2 aliphatic heterocycles. The number of benzene rings is 1. The third-order valence-corrected chi connectivity index (χ3v) is 4.27. The van der Waals surface area contributed by atoms with Gasteiger partial charge in [0.1, 0.15) is 5.82 Å². The van der Waals surface area contributed by atoms with Gasteiger partial charge in [0.05, 0.1) is 5.69 Å². The van der Waals surface area contributed by atoms with Crippen molar-refractivity contribution in [2.45, 2.75) is 19.3 Å². The van der Waals surface area contributed by atoms with Gasteiger partial charge in [0, 0.05) is 38.3 Å². The SMILES string of the molecule is O=C(c1ccc(N2CCCC2)c(F)c1)N1CCCNCC1. The largest absolute Gasteiger partial charge is 0.369 e. The summed E-state index contributed by atoms with van der Waals surface area (Å²) in [6.45, 7) is 4.98. The van der Waals surface area contributed by atoms with Gasteiger partial charge in [-0.25, -0.2) is 4.39 Å². The molecule has 2 fully saturated rings. The van der Waals surface area contributed by atoms with Crippen molar-refractivity contribution in [3.8, 4) is 0 Å². The Labute approximate surface area is 124 Å². The van der Waals surface area contributed by atoms with Gasteiger partial charge in [-0.2, -0.15) is 0 Å². The van der Waals surface area contributed by atoms with Crippen LogP contribution in [0.25, 0.3) is 0 Å². The maximum Gasteiger partial charge on any atom is 0.254 e. The van der Waals surface area contributed by atoms with Gasteiger partial charge in [-0.05, 0) is 44.0 Å². The van der Waals surface area contributed by atoms with E-state index in [0.29, 0.717) is 17.8 Å². The maximum atomic E-state index is 14.3. The summed E-state index contributed by atoms with van der Waals surface area (Å²) in [6, 6.07) is 4.91. The van der Waals surface area contributed by atoms with Crippen molar-refractivity contribution in [1.29, 1.82) is 0 Å². The zero-order valence-corrected chi connectivity index (χ0v) is 12.3. The van der Waals surface area contributed by atoms with Gasteiger partial charge >= 0.3 is 0 Å². The first kappa shape index (κ1) is 14.3. The van der Waals surface area contributed by atoms with Crippen molar-refractivity contribution in [3.63, 3.8) is 0 Å². The lowest BCUT2D eigenvalue weighted by atomic mass is 10.1. The fourth-order valence-electron chi connectivity index (χ4n) is 3.09. The van der Waals surface area contributed by atoms with E-state index in [1.54, 1.807) is 12.1 Å². The minimum atomic E-state index is -0.282. The molecule has 1 aromatic carbocycles. The lowest BCUT2D eigenvalue weighted by Crippen LogP contribution is -2.34. The molecule has 2 heterocycles. The Kier molecular flexibility index (Phi) is 4.39. The molecule has 2 aliphatic rings. The van der Waals surface area contributed by atoms with Gasteiger partial charge in [0.25, 0.3) is 5.91 Å². The van der Waals surface area contributed by atoms with Crippen LogP contribution >= 0.6 is 0 Å². The number of nitrogens with one attached hydrogen (secondary N) is 1. The molecule has 0 aliphatic carbocycles. The number of carbonyl (C=O) groups excluding carboxylic acids is 1. The monoisotopic (exact) mass is 291 g/mol. The lowest BCUT2D eigenvalue weighted by molar-refractivity contribution is 0.0766. The van der Waals surface area contributed by atoms with E-state index in [1.165, 1.54) is 6.07 Å². The van der Waals surface area contributed by atoms with E-state index in [1.807, 2.05) is 4.90 Å². The number of anilines is 1. The van der Waals surface area contributed by atoms with Gasteiger partial charge in [0.2, 0.25) is 0 Å². The second kappa shape index (κ2) is 6.43. The Balaban J connectivity index is 1.75. The van der Waals surface area contributed by atoms with Crippen LogP contribution in [0.1, 0.15) is 29.6 Å². The van der Waals surface area contributed by atoms with E-state index in [2.05, 4.69) is 10.2 Å². The van der Waals surface area contributed by atoms with Crippen LogP contribution in [0.3, 0.4) is 0 Å². The van der Waals surface area contributed by atoms with Crippen molar-refractivity contribution in [2.24, 2.45) is 0 Å². The third-order valence-electron chi connectivity index (χ3n) is 4.27. The van der Waals surface area contributed by atoms with Gasteiger partial charge in [-0.3, -0.25) is 4.79 Å². The number of halogens is 1. The number of nitrogens with zero attached hydrogens (tertiary/aromatic N) is 2. The van der Waals surface area contributed by atoms with Crippen molar-refractivity contribution in [3.05, 3.63) is 29.6 Å². The summed E-state index contributed by atoms with van der Waals surface area (Å²) < 4.78 is 14.3. The standard InChI is InChI=1S/C16H22FN3O/c17-14-12-13(4-5-15(14)19-8-1-2-9-19)16(21)20-10-3-6-18-7-11-20/h4-5,12,18H,1-3,6-11H2. The zero-order valence-electron chi connectivity index (χ0n) is 12.3. The molecule has 1 amide bonds. The van der Waals surface area contributed by atoms with Crippen LogP contribution in [-0.4, -0.2) is 50.1 Å². The Morgan fingerprint density at radius 1 is 1.05 bits per heavy atom. The predicted octanol–water partition coefficient (Wildman–Crippen LogP) is 1.86. The van der Waals surface area contributed by atoms with E-state index in [0.717, 1.165) is 52.0 Å². The normalized spacial score (nSPS) is 19.7. The van der Waals surface area contributed by atoms with Crippen LogP contribution < -0.4 is 10.2 Å². The first-order chi connectivity index (χ1) is 10.3. The summed E-state index contributed by atoms with van der Waals surface area (Å²) in [6.07, 6.45) is 3.17. The molecule has 4 nitrogen and oxygen atoms in total. The molecule has 3 rings (SSSR count). The Bertz CT molecular complexity index is 506. The fourth-order valence-corrected chi connectivity index (χ4v) is 3.09. The molecule has 0 aromatic heterocycles. The van der Waals surface area contributed by atoms with E-state index < -0.39 is 0 Å². The summed E-state index contributed by atoms with van der Waals surface area (Å²) in [7, 11) is 0. The van der Waals surface area contributed by atoms with Gasteiger partial charge in [-0.15, -0.1) is 0 Å². The average Bonchev–Trinajstić information content (AvgIpc) is 2.88. The van der Waals surface area contributed by atoms with Crippen molar-refractivity contribution in [2.75, 3.05) is 44.2 Å². The topological polar surface area (TPSA) is 35.6 Å². The number of amides is 1. The first-order valence-electron chi connectivity index (χ1n) is 7.80. The van der Waals surface area contributed by atoms with Gasteiger partial charge in [-0.1, -0.05) is 0 Å². The highest BCUT2D eigenvalue weighted by Gasteiger charge is 2.20. The van der Waals surface area contributed by atoms with Crippen LogP contribution in [0.2, 0.25) is 0 Å². The molecular weight excluding hydrogens is 269 g/mol. The van der Waals surface area contributed by atoms with Gasteiger partial charge < -0.3 is 15.1 Å². The molecule has 5 heteroatoms. The Morgan fingerprint density at radius 3 is 2.62 bits per heavy atom. The smallest absolute Gasteiger partial charge is 0.254 e. The molecule has 0 unspecified atom stereocenters. The number of hydrogen-bond acceptors (Lipinski definition) is 3. The number of hydrogen-bond donors (Lipinski definition) is 1. The fraction of sp³-hybridized carbons (Fsp3) is 0.562. The molecule has 0 atom stereocenters. The summed E-state index contributed by atoms with van der Waals surface area (Å²) >= 11 is 0. The minimum Gasteiger partial charge on any atom is -0.369 e. The highest BCUT2D eigenvalue weighted by Crippen LogP contribution is 2.24. The van der Waals surface area contributed by atoms with Crippen LogP contribution in [0, 0.1) is 5.82 Å². The summed E-state index contributed by atoms with van der Waals surface area (Å²) in [5.74, 6) is -0.346. The quantitative estimate of drug-likeness (QED) is 0.903. The molecule has 0 spiro atoms. The lowest BCUT2D eigenvalue weighted by Gasteiger charge is -2.22. The highest BCUT2D eigenvalue weighted by atomic mass is 19.1. The summed E-state index contributed by atoms with van der Waals surface area (Å²) in [5, 5.41) is 3.27. The number of rotatable bonds is 2. The minimum absolute atomic E-state index is 0.0643. The van der Waals surface area contributed by atoms with E-state index in [9.17, 15) is 9.18 Å². The van der Waals surface area contributed by atoms with E-state index in [4.69, 9.17) is 0 Å². The predicted molar refractivity (Wildman–Crippen MR) is 81.2 cm³/mol. The third kappa shape index (κ3) is 3.18. The van der Waals surface area contributed by atoms with Gasteiger partial charge in [0.15, 0.2) is 0 Å². The van der Waals surface area contributed by atoms with Crippen LogP contribution in [0.5, 0.6) is 0 Å². The highest BCUT2D eigenvalue weighted by molar-refractivity contribution is 5.94. The van der Waals surface area contributed by atoms with Crippen molar-refractivity contribution < 1.29 is 9.18 Å². The van der Waals surface area contributed by atoms with Crippen LogP contribution in [0.15, 0.2) is 18.2 Å². The van der Waals surface area contributed by atoms with E-state index in [-0.39, 0.29) is 11.7 Å². The number of carbonyl (C=O) groups is 1. The molecule has 1 N–H and O–H groups in total. The molecule has 0 bridgehead atoms. The molecule has 0 radical (unpaired) electrons. The summed E-state index contributed by atoms with van der Waals surface area (Å²) in [5.41, 5.74) is 1.08. The maximum absolute atomic E-state index is 14.3. The van der Waals surface area contributed by atoms with Crippen molar-refractivity contribution >= 4 is 11.6 Å². The second-order valence-corrected chi connectivity index (χ2v) is 5.76. The van der Waals surface area contributed by atoms with Crippen LogP contribution in [-0.2, 0) is 0 Å². The molecule has 0 saturated carbocycles. The van der Waals surface area contributed by atoms with E-state index >= 15 is 0 Å². The van der Waals surface area contributed by atoms with Crippen LogP contribution in [0.4, 0.5) is 10.1 Å². The first-order valence-corrected chi connectivity index (χ1v) is 7.80. The molecule has 2 saturated heterocycles. The Hall–Kier alpha value is -1.62. The Morgan fingerprint density at radius 2 is 1.86 bits per heavy atom. The summed E-state index contributed by atoms with van der Waals surface area (Å²) in [4.78, 5) is 16.3. The van der Waals surface area contributed by atoms with Crippen molar-refractivity contribution in [1.82, 2.24) is 10.2 Å². The average molecular weight is 291 g/mol. The molecule has 21 heavy (non-hydrogen) atoms. The molecular formula is C16H22FN3O. The molecule has 114 valence electrons.